The Bertz CT molecular complexity index is 3470. The molecule has 5 atom stereocenters. The molecule has 5 unspecified atom stereocenters. The normalized spacial score (nSPS) is 28.5. The van der Waals surface area contributed by atoms with Gasteiger partial charge < -0.3 is 14.2 Å². The van der Waals surface area contributed by atoms with Gasteiger partial charge in [0.05, 0.1) is 16.6 Å². The fourth-order valence-corrected chi connectivity index (χ4v) is 17.1. The fraction of sp³-hybridized carbons (Fsp3) is 0.463. The van der Waals surface area contributed by atoms with E-state index >= 15 is 0 Å². The molecule has 0 spiro atoms. The van der Waals surface area contributed by atoms with E-state index in [1.165, 1.54) is 132 Å². The summed E-state index contributed by atoms with van der Waals surface area (Å²) in [5.41, 5.74) is 26.0. The van der Waals surface area contributed by atoms with E-state index in [9.17, 15) is 0 Å². The van der Waals surface area contributed by atoms with E-state index in [1.807, 2.05) is 0 Å². The minimum absolute atomic E-state index is 0.00979. The maximum absolute atomic E-state index is 6.75. The number of benzene rings is 6. The van der Waals surface area contributed by atoms with Crippen LogP contribution in [0.25, 0.3) is 21.9 Å². The van der Waals surface area contributed by atoms with Crippen LogP contribution in [0.15, 0.2) is 101 Å². The zero-order valence-electron chi connectivity index (χ0n) is 45.0. The minimum atomic E-state index is -0.0811. The highest BCUT2D eigenvalue weighted by atomic mass is 16.3. The average molecular weight is 935 g/mol. The zero-order chi connectivity index (χ0) is 49.2. The molecule has 0 amide bonds. The van der Waals surface area contributed by atoms with Gasteiger partial charge in [0.1, 0.15) is 11.2 Å². The van der Waals surface area contributed by atoms with Crippen LogP contribution in [-0.2, 0) is 27.1 Å². The van der Waals surface area contributed by atoms with Crippen molar-refractivity contribution in [3.63, 3.8) is 0 Å². The second kappa shape index (κ2) is 14.1. The molecule has 4 aliphatic carbocycles. The van der Waals surface area contributed by atoms with Gasteiger partial charge in [-0.1, -0.05) is 155 Å². The predicted molar refractivity (Wildman–Crippen MR) is 301 cm³/mol. The molecule has 0 radical (unpaired) electrons. The SMILES string of the molecule is Cc1cc2c3c(c1)N(c1cccc4oc5ccccc5c14)c1cc(N4c5cc6c(cc5C5(C)CCCCC45C)C(C)(C)CCC6(C)C)ccc1B3c1cc(C(C)(C)C)cc3c1C2CC1(C)CCCCC31C. The standard InChI is InChI=1S/C67H75BN2O/c1-40-32-44-45-39-64(9)26-15-16-27-65(64,10)49-34-41(61(2,3)4)35-51(58(45)49)68-50-25-24-42(36-54(50)69(55(33-40)60(44)68)52-21-19-23-57-59(52)43-20-13-14-22-56(43)71-57)70-53-38-47-46(62(5,6)30-31-63(47,7)8)37-48(53)66(11)28-17-18-29-67(66,70)12/h13-14,19-25,32-38,45H,15-18,26-31,39H2,1-12H3. The number of hydrogen-bond acceptors (Lipinski definition) is 3. The lowest BCUT2D eigenvalue weighted by Gasteiger charge is -2.59. The third-order valence-corrected chi connectivity index (χ3v) is 21.7. The van der Waals surface area contributed by atoms with Crippen LogP contribution in [0.2, 0.25) is 0 Å². The molecule has 6 aromatic carbocycles. The van der Waals surface area contributed by atoms with Crippen LogP contribution in [0.5, 0.6) is 0 Å². The summed E-state index contributed by atoms with van der Waals surface area (Å²) in [4.78, 5) is 5.60. The summed E-state index contributed by atoms with van der Waals surface area (Å²) in [7, 11) is 0. The Morgan fingerprint density at radius 1 is 0.577 bits per heavy atom. The number of rotatable bonds is 2. The van der Waals surface area contributed by atoms with Crippen LogP contribution in [0.4, 0.5) is 28.4 Å². The summed E-state index contributed by atoms with van der Waals surface area (Å²) in [6.45, 7) is 30.5. The van der Waals surface area contributed by atoms with Crippen molar-refractivity contribution in [2.75, 3.05) is 9.80 Å². The quantitative estimate of drug-likeness (QED) is 0.161. The van der Waals surface area contributed by atoms with E-state index in [4.69, 9.17) is 4.42 Å². The number of anilines is 5. The third-order valence-electron chi connectivity index (χ3n) is 21.7. The van der Waals surface area contributed by atoms with Crippen LogP contribution in [-0.4, -0.2) is 12.3 Å². The minimum Gasteiger partial charge on any atom is -0.456 e. The van der Waals surface area contributed by atoms with Gasteiger partial charge in [0.2, 0.25) is 6.71 Å². The van der Waals surface area contributed by atoms with Crippen LogP contribution in [0.3, 0.4) is 0 Å². The molecule has 2 fully saturated rings. The highest BCUT2D eigenvalue weighted by Crippen LogP contribution is 2.65. The average Bonchev–Trinajstić information content (AvgIpc) is 3.81. The molecule has 4 heteroatoms. The van der Waals surface area contributed by atoms with E-state index in [0.717, 1.165) is 11.2 Å². The monoisotopic (exact) mass is 935 g/mol. The molecule has 4 heterocycles. The maximum Gasteiger partial charge on any atom is 0.247 e. The second-order valence-electron chi connectivity index (χ2n) is 27.5. The van der Waals surface area contributed by atoms with Crippen molar-refractivity contribution < 1.29 is 4.42 Å². The zero-order valence-corrected chi connectivity index (χ0v) is 45.0. The molecule has 2 saturated carbocycles. The summed E-state index contributed by atoms with van der Waals surface area (Å²) in [6, 6.07) is 39.4. The van der Waals surface area contributed by atoms with E-state index in [-0.39, 0.29) is 44.7 Å². The summed E-state index contributed by atoms with van der Waals surface area (Å²) in [6.07, 6.45) is 13.8. The molecule has 0 bridgehead atoms. The second-order valence-corrected chi connectivity index (χ2v) is 27.5. The number of aryl methyl sites for hydroxylation is 1. The lowest BCUT2D eigenvalue weighted by molar-refractivity contribution is 0.0602. The molecule has 0 saturated heterocycles. The summed E-state index contributed by atoms with van der Waals surface area (Å²) in [5.74, 6) is 0.355. The van der Waals surface area contributed by atoms with Gasteiger partial charge in [-0.3, -0.25) is 0 Å². The molecule has 1 aromatic heterocycles. The number of furan rings is 1. The largest absolute Gasteiger partial charge is 0.456 e. The molecular weight excluding hydrogens is 860 g/mol. The molecule has 14 rings (SSSR count). The first-order valence-electron chi connectivity index (χ1n) is 27.8. The maximum atomic E-state index is 6.75. The Kier molecular flexibility index (Phi) is 8.83. The Hall–Kier alpha value is -5.22. The highest BCUT2D eigenvalue weighted by Gasteiger charge is 2.60. The van der Waals surface area contributed by atoms with E-state index in [2.05, 4.69) is 190 Å². The first-order valence-corrected chi connectivity index (χ1v) is 27.8. The van der Waals surface area contributed by atoms with Gasteiger partial charge >= 0.3 is 0 Å². The smallest absolute Gasteiger partial charge is 0.247 e. The van der Waals surface area contributed by atoms with E-state index in [1.54, 1.807) is 38.8 Å². The van der Waals surface area contributed by atoms with Gasteiger partial charge in [-0.05, 0) is 184 Å². The molecular formula is C67H75BN2O. The number of fused-ring (bicyclic) bond motifs is 13. The van der Waals surface area contributed by atoms with Gasteiger partial charge in [0.15, 0.2) is 0 Å². The van der Waals surface area contributed by atoms with Gasteiger partial charge in [0.25, 0.3) is 0 Å². The molecule has 7 aromatic rings. The molecule has 3 nitrogen and oxygen atoms in total. The summed E-state index contributed by atoms with van der Waals surface area (Å²) < 4.78 is 6.75. The van der Waals surface area contributed by atoms with Crippen LogP contribution < -0.4 is 26.2 Å². The van der Waals surface area contributed by atoms with Crippen molar-refractivity contribution in [2.24, 2.45) is 5.41 Å². The Labute approximate surface area is 424 Å². The van der Waals surface area contributed by atoms with Gasteiger partial charge in [-0.15, -0.1) is 0 Å². The van der Waals surface area contributed by atoms with Gasteiger partial charge in [-0.25, -0.2) is 0 Å². The third kappa shape index (κ3) is 5.64. The molecule has 0 N–H and O–H groups in total. The van der Waals surface area contributed by atoms with E-state index < -0.39 is 0 Å². The first kappa shape index (κ1) is 44.5. The lowest BCUT2D eigenvalue weighted by atomic mass is 9.29. The van der Waals surface area contributed by atoms with Gasteiger partial charge in [-0.2, -0.15) is 0 Å². The Balaban J connectivity index is 1.08. The van der Waals surface area contributed by atoms with Crippen molar-refractivity contribution in [1.82, 2.24) is 0 Å². The molecule has 362 valence electrons. The van der Waals surface area contributed by atoms with Crippen LogP contribution in [0, 0.1) is 12.3 Å². The van der Waals surface area contributed by atoms with Crippen LogP contribution in [0.1, 0.15) is 197 Å². The van der Waals surface area contributed by atoms with E-state index in [0.29, 0.717) is 5.92 Å². The topological polar surface area (TPSA) is 19.6 Å². The van der Waals surface area contributed by atoms with Crippen molar-refractivity contribution in [2.45, 2.75) is 192 Å². The molecule has 71 heavy (non-hydrogen) atoms. The number of para-hydroxylation sites is 1. The summed E-state index contributed by atoms with van der Waals surface area (Å²) >= 11 is 0. The summed E-state index contributed by atoms with van der Waals surface area (Å²) in [5, 5.41) is 2.37. The number of hydrogen-bond donors (Lipinski definition) is 0. The first-order chi connectivity index (χ1) is 33.7. The number of nitrogens with zero attached hydrogens (tertiary/aromatic N) is 2. The predicted octanol–water partition coefficient (Wildman–Crippen LogP) is 16.3. The van der Waals surface area contributed by atoms with Gasteiger partial charge in [0, 0.05) is 39.5 Å². The molecule has 3 aliphatic heterocycles. The Morgan fingerprint density at radius 3 is 2.06 bits per heavy atom. The van der Waals surface area contributed by atoms with Crippen molar-refractivity contribution in [1.29, 1.82) is 0 Å². The fourth-order valence-electron chi connectivity index (χ4n) is 17.1. The van der Waals surface area contributed by atoms with Crippen molar-refractivity contribution >= 4 is 73.5 Å². The molecule has 7 aliphatic rings. The highest BCUT2D eigenvalue weighted by molar-refractivity contribution is 6.99. The van der Waals surface area contributed by atoms with Crippen molar-refractivity contribution in [3.8, 4) is 0 Å². The van der Waals surface area contributed by atoms with Crippen molar-refractivity contribution in [3.05, 3.63) is 142 Å². The van der Waals surface area contributed by atoms with Crippen LogP contribution >= 0.6 is 0 Å². The lowest BCUT2D eigenvalue weighted by Crippen LogP contribution is -2.64. The Morgan fingerprint density at radius 2 is 1.28 bits per heavy atom.